The number of hydrogen-bond donors (Lipinski definition) is 0. The number of fused-ring (bicyclic) bond motifs is 1. The van der Waals surface area contributed by atoms with Crippen LogP contribution in [0, 0.1) is 11.7 Å². The zero-order valence-corrected chi connectivity index (χ0v) is 19.1. The third-order valence-electron chi connectivity index (χ3n) is 6.55. The SMILES string of the molecule is CC[C@H]1C(=O)N(C)c2cnc(CCc3cnn(Cc4ccc(F)cc4)c3)nc2N1CC1CC1. The third kappa shape index (κ3) is 4.60. The van der Waals surface area contributed by atoms with Crippen LogP contribution in [0.3, 0.4) is 0 Å². The second-order valence-electron chi connectivity index (χ2n) is 9.08. The Hall–Kier alpha value is -3.29. The van der Waals surface area contributed by atoms with E-state index in [0.717, 1.165) is 47.8 Å². The molecule has 1 aliphatic carbocycles. The predicted molar refractivity (Wildman–Crippen MR) is 125 cm³/mol. The summed E-state index contributed by atoms with van der Waals surface area (Å²) in [6.45, 7) is 3.55. The Morgan fingerprint density at radius 1 is 1.09 bits per heavy atom. The van der Waals surface area contributed by atoms with Crippen LogP contribution in [0.25, 0.3) is 0 Å². The lowest BCUT2D eigenvalue weighted by atomic mass is 10.1. The molecular formula is C25H29FN6O. The van der Waals surface area contributed by atoms with Crippen LogP contribution in [0.2, 0.25) is 0 Å². The normalized spacial score (nSPS) is 18.0. The lowest BCUT2D eigenvalue weighted by Gasteiger charge is -2.40. The maximum absolute atomic E-state index is 13.1. The van der Waals surface area contributed by atoms with Gasteiger partial charge in [-0.05, 0) is 54.9 Å². The molecule has 33 heavy (non-hydrogen) atoms. The fourth-order valence-corrected chi connectivity index (χ4v) is 4.44. The van der Waals surface area contributed by atoms with Gasteiger partial charge >= 0.3 is 0 Å². The summed E-state index contributed by atoms with van der Waals surface area (Å²) in [7, 11) is 1.82. The molecule has 1 aromatic carbocycles. The van der Waals surface area contributed by atoms with Crippen molar-refractivity contribution in [2.24, 2.45) is 5.92 Å². The summed E-state index contributed by atoms with van der Waals surface area (Å²) in [6, 6.07) is 6.32. The molecule has 1 amide bonds. The van der Waals surface area contributed by atoms with Crippen molar-refractivity contribution in [1.82, 2.24) is 19.7 Å². The summed E-state index contributed by atoms with van der Waals surface area (Å²) in [4.78, 5) is 26.3. The minimum Gasteiger partial charge on any atom is -0.342 e. The fourth-order valence-electron chi connectivity index (χ4n) is 4.44. The van der Waals surface area contributed by atoms with Crippen molar-refractivity contribution in [3.8, 4) is 0 Å². The number of amides is 1. The average molecular weight is 449 g/mol. The van der Waals surface area contributed by atoms with Gasteiger partial charge in [0, 0.05) is 26.2 Å². The Bertz CT molecular complexity index is 1140. The summed E-state index contributed by atoms with van der Waals surface area (Å²) >= 11 is 0. The van der Waals surface area contributed by atoms with Gasteiger partial charge in [0.25, 0.3) is 0 Å². The van der Waals surface area contributed by atoms with Gasteiger partial charge in [0.15, 0.2) is 5.82 Å². The number of aromatic nitrogens is 4. The number of anilines is 2. The van der Waals surface area contributed by atoms with Crippen LogP contribution in [0.4, 0.5) is 15.9 Å². The highest BCUT2D eigenvalue weighted by Crippen LogP contribution is 2.38. The molecule has 5 rings (SSSR count). The van der Waals surface area contributed by atoms with E-state index >= 15 is 0 Å². The fraction of sp³-hybridized carbons (Fsp3) is 0.440. The van der Waals surface area contributed by atoms with Crippen LogP contribution in [-0.2, 0) is 24.2 Å². The van der Waals surface area contributed by atoms with Gasteiger partial charge in [-0.3, -0.25) is 9.48 Å². The van der Waals surface area contributed by atoms with Gasteiger partial charge in [-0.2, -0.15) is 5.10 Å². The molecule has 8 heteroatoms. The molecule has 0 N–H and O–H groups in total. The second-order valence-corrected chi connectivity index (χ2v) is 9.08. The van der Waals surface area contributed by atoms with Crippen molar-refractivity contribution in [2.45, 2.75) is 51.6 Å². The van der Waals surface area contributed by atoms with Gasteiger partial charge < -0.3 is 9.80 Å². The van der Waals surface area contributed by atoms with Crippen molar-refractivity contribution in [3.63, 3.8) is 0 Å². The lowest BCUT2D eigenvalue weighted by Crippen LogP contribution is -2.53. The summed E-state index contributed by atoms with van der Waals surface area (Å²) < 4.78 is 15.0. The first kappa shape index (κ1) is 21.6. The number of likely N-dealkylation sites (N-methyl/N-ethyl adjacent to an activating group) is 1. The third-order valence-corrected chi connectivity index (χ3v) is 6.55. The number of halogens is 1. The molecule has 2 aromatic heterocycles. The van der Waals surface area contributed by atoms with Crippen LogP contribution < -0.4 is 9.80 Å². The number of benzene rings is 1. The highest BCUT2D eigenvalue weighted by atomic mass is 19.1. The van der Waals surface area contributed by atoms with E-state index in [4.69, 9.17) is 4.98 Å². The molecule has 3 heterocycles. The van der Waals surface area contributed by atoms with Crippen LogP contribution in [0.15, 0.2) is 42.9 Å². The van der Waals surface area contributed by atoms with Crippen LogP contribution in [-0.4, -0.2) is 45.3 Å². The largest absolute Gasteiger partial charge is 0.342 e. The van der Waals surface area contributed by atoms with Crippen molar-refractivity contribution < 1.29 is 9.18 Å². The van der Waals surface area contributed by atoms with E-state index in [1.807, 2.05) is 24.1 Å². The molecular weight excluding hydrogens is 419 g/mol. The zero-order valence-electron chi connectivity index (χ0n) is 19.1. The molecule has 1 fully saturated rings. The van der Waals surface area contributed by atoms with E-state index in [1.54, 1.807) is 23.2 Å². The van der Waals surface area contributed by atoms with E-state index in [9.17, 15) is 9.18 Å². The van der Waals surface area contributed by atoms with Crippen molar-refractivity contribution in [3.05, 3.63) is 65.6 Å². The van der Waals surface area contributed by atoms with Crippen LogP contribution >= 0.6 is 0 Å². The van der Waals surface area contributed by atoms with Crippen molar-refractivity contribution in [2.75, 3.05) is 23.4 Å². The van der Waals surface area contributed by atoms with E-state index in [0.29, 0.717) is 18.9 Å². The van der Waals surface area contributed by atoms with Gasteiger partial charge in [0.2, 0.25) is 5.91 Å². The van der Waals surface area contributed by atoms with Gasteiger partial charge in [-0.25, -0.2) is 14.4 Å². The van der Waals surface area contributed by atoms with Crippen LogP contribution in [0.1, 0.15) is 43.1 Å². The Morgan fingerprint density at radius 3 is 2.61 bits per heavy atom. The number of carbonyl (C=O) groups is 1. The molecule has 2 aliphatic rings. The van der Waals surface area contributed by atoms with E-state index in [2.05, 4.69) is 21.9 Å². The van der Waals surface area contributed by atoms with Gasteiger partial charge in [0.1, 0.15) is 23.4 Å². The first-order valence-corrected chi connectivity index (χ1v) is 11.7. The standard InChI is InChI=1S/C25H29FN6O/c1-3-21-25(33)30(2)22-13-27-23(29-24(22)32(21)16-18-4-5-18)11-8-19-12-28-31(15-19)14-17-6-9-20(26)10-7-17/h6-7,9-10,12-13,15,18,21H,3-5,8,11,14,16H2,1-2H3/t21-/m0/s1. The second kappa shape index (κ2) is 8.92. The average Bonchev–Trinajstić information content (AvgIpc) is 3.54. The first-order valence-electron chi connectivity index (χ1n) is 11.7. The number of carbonyl (C=O) groups excluding carboxylic acids is 1. The van der Waals surface area contributed by atoms with Crippen molar-refractivity contribution in [1.29, 1.82) is 0 Å². The van der Waals surface area contributed by atoms with Gasteiger partial charge in [-0.15, -0.1) is 0 Å². The summed E-state index contributed by atoms with van der Waals surface area (Å²) in [5, 5.41) is 4.44. The Morgan fingerprint density at radius 2 is 1.88 bits per heavy atom. The molecule has 172 valence electrons. The number of aryl methyl sites for hydroxylation is 2. The number of nitrogens with zero attached hydrogens (tertiary/aromatic N) is 6. The highest BCUT2D eigenvalue weighted by Gasteiger charge is 2.39. The smallest absolute Gasteiger partial charge is 0.249 e. The maximum Gasteiger partial charge on any atom is 0.249 e. The monoisotopic (exact) mass is 448 g/mol. The summed E-state index contributed by atoms with van der Waals surface area (Å²) in [5.74, 6) is 2.21. The minimum atomic E-state index is -0.235. The number of rotatable bonds is 8. The van der Waals surface area contributed by atoms with E-state index in [1.165, 1.54) is 25.0 Å². The summed E-state index contributed by atoms with van der Waals surface area (Å²) in [6.07, 6.45) is 10.4. The molecule has 0 saturated heterocycles. The van der Waals surface area contributed by atoms with Gasteiger partial charge in [-0.1, -0.05) is 19.1 Å². The highest BCUT2D eigenvalue weighted by molar-refractivity contribution is 6.04. The maximum atomic E-state index is 13.1. The minimum absolute atomic E-state index is 0.121. The Labute approximate surface area is 193 Å². The van der Waals surface area contributed by atoms with Crippen LogP contribution in [0.5, 0.6) is 0 Å². The Balaban J connectivity index is 1.29. The molecule has 0 unspecified atom stereocenters. The van der Waals surface area contributed by atoms with E-state index < -0.39 is 0 Å². The van der Waals surface area contributed by atoms with Crippen molar-refractivity contribution >= 4 is 17.4 Å². The molecule has 1 atom stereocenters. The van der Waals surface area contributed by atoms with Gasteiger partial charge in [0.05, 0.1) is 18.9 Å². The topological polar surface area (TPSA) is 67.2 Å². The molecule has 0 radical (unpaired) electrons. The molecule has 3 aromatic rings. The molecule has 1 saturated carbocycles. The Kier molecular flexibility index (Phi) is 5.83. The molecule has 1 aliphatic heterocycles. The lowest BCUT2D eigenvalue weighted by molar-refractivity contribution is -0.120. The zero-order chi connectivity index (χ0) is 22.9. The molecule has 7 nitrogen and oxygen atoms in total. The quantitative estimate of drug-likeness (QED) is 0.527. The predicted octanol–water partition coefficient (Wildman–Crippen LogP) is 3.62. The van der Waals surface area contributed by atoms with E-state index in [-0.39, 0.29) is 17.8 Å². The molecule has 0 bridgehead atoms. The first-order chi connectivity index (χ1) is 16.0. The summed E-state index contributed by atoms with van der Waals surface area (Å²) in [5.41, 5.74) is 2.90. The number of hydrogen-bond acceptors (Lipinski definition) is 5. The molecule has 0 spiro atoms.